The maximum absolute atomic E-state index is 2.55. The summed E-state index contributed by atoms with van der Waals surface area (Å²) >= 11 is 0. The predicted molar refractivity (Wildman–Crippen MR) is 101 cm³/mol. The SMILES string of the molecule is CC1=C2C=CC(C)(c3ccccc3)N2C(C)N1c1ccccc1C. The first kappa shape index (κ1) is 15.1. The molecule has 24 heavy (non-hydrogen) atoms. The van der Waals surface area contributed by atoms with Crippen LogP contribution in [0.4, 0.5) is 5.69 Å². The largest absolute Gasteiger partial charge is 0.337 e. The topological polar surface area (TPSA) is 6.48 Å². The molecule has 2 nitrogen and oxygen atoms in total. The minimum absolute atomic E-state index is 0.102. The monoisotopic (exact) mass is 316 g/mol. The van der Waals surface area contributed by atoms with Crippen molar-refractivity contribution in [1.29, 1.82) is 0 Å². The standard InChI is InChI=1S/C22H24N2/c1-16-10-8-9-13-20(16)23-17(2)21-14-15-22(4,24(21)18(23)3)19-11-6-5-7-12-19/h5-15,18H,1-4H3. The highest BCUT2D eigenvalue weighted by Crippen LogP contribution is 2.48. The van der Waals surface area contributed by atoms with E-state index in [0.29, 0.717) is 0 Å². The third kappa shape index (κ3) is 1.96. The number of aryl methyl sites for hydroxylation is 1. The van der Waals surface area contributed by atoms with Crippen molar-refractivity contribution in [3.05, 3.63) is 89.3 Å². The van der Waals surface area contributed by atoms with Crippen LogP contribution >= 0.6 is 0 Å². The summed E-state index contributed by atoms with van der Waals surface area (Å²) in [5.41, 5.74) is 6.51. The molecule has 2 atom stereocenters. The van der Waals surface area contributed by atoms with Crippen LogP contribution in [-0.4, -0.2) is 11.1 Å². The number of nitrogens with zero attached hydrogens (tertiary/aromatic N) is 2. The van der Waals surface area contributed by atoms with Gasteiger partial charge < -0.3 is 9.80 Å². The molecule has 0 radical (unpaired) electrons. The lowest BCUT2D eigenvalue weighted by Crippen LogP contribution is -2.46. The molecule has 0 amide bonds. The first-order valence-electron chi connectivity index (χ1n) is 8.64. The lowest BCUT2D eigenvalue weighted by atomic mass is 9.91. The Morgan fingerprint density at radius 2 is 1.58 bits per heavy atom. The van der Waals surface area contributed by atoms with Crippen molar-refractivity contribution in [1.82, 2.24) is 4.90 Å². The molecule has 0 saturated carbocycles. The summed E-state index contributed by atoms with van der Waals surface area (Å²) in [6.45, 7) is 9.04. The van der Waals surface area contributed by atoms with Gasteiger partial charge in [-0.05, 0) is 51.0 Å². The molecule has 2 aromatic rings. The zero-order valence-corrected chi connectivity index (χ0v) is 14.8. The number of fused-ring (bicyclic) bond motifs is 1. The minimum Gasteiger partial charge on any atom is -0.337 e. The Morgan fingerprint density at radius 1 is 0.917 bits per heavy atom. The Bertz CT molecular complexity index is 834. The van der Waals surface area contributed by atoms with Gasteiger partial charge in [-0.15, -0.1) is 0 Å². The van der Waals surface area contributed by atoms with Gasteiger partial charge in [-0.25, -0.2) is 0 Å². The summed E-state index contributed by atoms with van der Waals surface area (Å²) in [6.07, 6.45) is 4.91. The normalized spacial score (nSPS) is 25.6. The van der Waals surface area contributed by atoms with E-state index in [1.54, 1.807) is 0 Å². The highest BCUT2D eigenvalue weighted by Gasteiger charge is 2.46. The Labute approximate surface area is 144 Å². The third-order valence-corrected chi connectivity index (χ3v) is 5.54. The van der Waals surface area contributed by atoms with E-state index in [2.05, 4.69) is 104 Å². The lowest BCUT2D eigenvalue weighted by Gasteiger charge is -2.41. The van der Waals surface area contributed by atoms with E-state index in [9.17, 15) is 0 Å². The fourth-order valence-corrected chi connectivity index (χ4v) is 4.28. The molecule has 122 valence electrons. The van der Waals surface area contributed by atoms with Gasteiger partial charge in [0.1, 0.15) is 6.17 Å². The molecule has 2 heterocycles. The van der Waals surface area contributed by atoms with Crippen molar-refractivity contribution >= 4 is 5.69 Å². The van der Waals surface area contributed by atoms with Gasteiger partial charge in [0.25, 0.3) is 0 Å². The second-order valence-corrected chi connectivity index (χ2v) is 6.98. The number of para-hydroxylation sites is 1. The van der Waals surface area contributed by atoms with Gasteiger partial charge in [-0.2, -0.15) is 0 Å². The second kappa shape index (κ2) is 5.27. The summed E-state index contributed by atoms with van der Waals surface area (Å²) in [6, 6.07) is 19.4. The Morgan fingerprint density at radius 3 is 2.29 bits per heavy atom. The van der Waals surface area contributed by atoms with Crippen molar-refractivity contribution < 1.29 is 0 Å². The smallest absolute Gasteiger partial charge is 0.104 e. The zero-order valence-electron chi connectivity index (χ0n) is 14.8. The van der Waals surface area contributed by atoms with E-state index >= 15 is 0 Å². The molecule has 2 unspecified atom stereocenters. The van der Waals surface area contributed by atoms with Gasteiger partial charge in [0.2, 0.25) is 0 Å². The van der Waals surface area contributed by atoms with Crippen molar-refractivity contribution in [3.8, 4) is 0 Å². The van der Waals surface area contributed by atoms with Gasteiger partial charge >= 0.3 is 0 Å². The van der Waals surface area contributed by atoms with Crippen molar-refractivity contribution in [2.45, 2.75) is 39.4 Å². The van der Waals surface area contributed by atoms with E-state index in [1.807, 2.05) is 0 Å². The van der Waals surface area contributed by atoms with Crippen molar-refractivity contribution in [2.75, 3.05) is 4.90 Å². The molecule has 0 saturated heterocycles. The van der Waals surface area contributed by atoms with Crippen LogP contribution in [0.2, 0.25) is 0 Å². The number of benzene rings is 2. The van der Waals surface area contributed by atoms with Gasteiger partial charge in [-0.1, -0.05) is 54.6 Å². The average Bonchev–Trinajstić information content (AvgIpc) is 3.07. The molecule has 0 aromatic heterocycles. The zero-order chi connectivity index (χ0) is 16.9. The highest BCUT2D eigenvalue weighted by molar-refractivity contribution is 5.63. The molecular weight excluding hydrogens is 292 g/mol. The molecule has 2 aromatic carbocycles. The number of rotatable bonds is 2. The molecule has 0 spiro atoms. The summed E-state index contributed by atoms with van der Waals surface area (Å²) in [7, 11) is 0. The van der Waals surface area contributed by atoms with Crippen molar-refractivity contribution in [3.63, 3.8) is 0 Å². The van der Waals surface area contributed by atoms with Gasteiger partial charge in [0, 0.05) is 11.4 Å². The Kier molecular flexibility index (Phi) is 3.31. The molecule has 0 aliphatic carbocycles. The van der Waals surface area contributed by atoms with E-state index in [-0.39, 0.29) is 11.7 Å². The molecule has 0 N–H and O–H groups in total. The first-order valence-corrected chi connectivity index (χ1v) is 8.64. The maximum Gasteiger partial charge on any atom is 0.104 e. The molecule has 4 rings (SSSR count). The summed E-state index contributed by atoms with van der Waals surface area (Å²) in [5, 5.41) is 0. The van der Waals surface area contributed by atoms with Crippen LogP contribution in [-0.2, 0) is 5.54 Å². The van der Waals surface area contributed by atoms with E-state index in [0.717, 1.165) is 0 Å². The Balaban J connectivity index is 1.81. The predicted octanol–water partition coefficient (Wildman–Crippen LogP) is 5.18. The Hall–Kier alpha value is -2.48. The van der Waals surface area contributed by atoms with Gasteiger partial charge in [-0.3, -0.25) is 0 Å². The van der Waals surface area contributed by atoms with E-state index in [4.69, 9.17) is 0 Å². The average molecular weight is 316 g/mol. The van der Waals surface area contributed by atoms with Crippen LogP contribution in [0.15, 0.2) is 78.1 Å². The molecule has 0 fully saturated rings. The molecular formula is C22H24N2. The molecule has 2 aliphatic rings. The van der Waals surface area contributed by atoms with Crippen LogP contribution < -0.4 is 4.90 Å². The van der Waals surface area contributed by atoms with Gasteiger partial charge in [0.15, 0.2) is 0 Å². The minimum atomic E-state index is -0.102. The van der Waals surface area contributed by atoms with E-state index < -0.39 is 0 Å². The second-order valence-electron chi connectivity index (χ2n) is 6.98. The fraction of sp³-hybridized carbons (Fsp3) is 0.273. The molecule has 2 heteroatoms. The van der Waals surface area contributed by atoms with Crippen LogP contribution in [0.5, 0.6) is 0 Å². The van der Waals surface area contributed by atoms with Crippen molar-refractivity contribution in [2.24, 2.45) is 0 Å². The van der Waals surface area contributed by atoms with Crippen LogP contribution in [0.25, 0.3) is 0 Å². The fourth-order valence-electron chi connectivity index (χ4n) is 4.28. The highest BCUT2D eigenvalue weighted by atomic mass is 15.4. The lowest BCUT2D eigenvalue weighted by molar-refractivity contribution is 0.182. The van der Waals surface area contributed by atoms with E-state index in [1.165, 1.54) is 28.2 Å². The first-order chi connectivity index (χ1) is 11.5. The quantitative estimate of drug-likeness (QED) is 0.753. The summed E-state index contributed by atoms with van der Waals surface area (Å²) in [4.78, 5) is 5.01. The van der Waals surface area contributed by atoms with Crippen LogP contribution in [0.1, 0.15) is 31.9 Å². The molecule has 0 bridgehead atoms. The number of allylic oxidation sites excluding steroid dienone is 2. The van der Waals surface area contributed by atoms with Crippen LogP contribution in [0.3, 0.4) is 0 Å². The number of anilines is 1. The number of hydrogen-bond acceptors (Lipinski definition) is 2. The maximum atomic E-state index is 2.55. The third-order valence-electron chi connectivity index (χ3n) is 5.54. The summed E-state index contributed by atoms with van der Waals surface area (Å²) < 4.78 is 0. The number of hydrogen-bond donors (Lipinski definition) is 0. The summed E-state index contributed by atoms with van der Waals surface area (Å²) in [5.74, 6) is 0. The molecule has 2 aliphatic heterocycles. The van der Waals surface area contributed by atoms with Gasteiger partial charge in [0.05, 0.1) is 11.2 Å². The van der Waals surface area contributed by atoms with Crippen LogP contribution in [0, 0.1) is 6.92 Å².